The van der Waals surface area contributed by atoms with Gasteiger partial charge < -0.3 is 14.6 Å². The summed E-state index contributed by atoms with van der Waals surface area (Å²) in [6.45, 7) is 0. The van der Waals surface area contributed by atoms with E-state index in [4.69, 9.17) is 16.3 Å². The molecule has 2 aromatic carbocycles. The fourth-order valence-electron chi connectivity index (χ4n) is 1.90. The van der Waals surface area contributed by atoms with E-state index < -0.39 is 5.97 Å². The minimum absolute atomic E-state index is 0.0294. The topological polar surface area (TPSA) is 49.4 Å². The second-order valence-corrected chi connectivity index (χ2v) is 5.92. The molecule has 0 fully saturated rings. The molecule has 3 nitrogen and oxygen atoms in total. The number of carboxylic acid groups (broad SMARTS) is 1. The van der Waals surface area contributed by atoms with Crippen molar-refractivity contribution in [3.63, 3.8) is 0 Å². The zero-order chi connectivity index (χ0) is 15.9. The maximum absolute atomic E-state index is 11.3. The predicted octanol–water partition coefficient (Wildman–Crippen LogP) is 3.37. The van der Waals surface area contributed by atoms with Crippen LogP contribution in [0.5, 0.6) is 0 Å². The molecule has 5 heteroatoms. The summed E-state index contributed by atoms with van der Waals surface area (Å²) >= 11 is 7.41. The van der Waals surface area contributed by atoms with E-state index in [9.17, 15) is 9.90 Å². The third-order valence-electron chi connectivity index (χ3n) is 2.94. The monoisotopic (exact) mass is 333 g/mol. The van der Waals surface area contributed by atoms with Crippen LogP contribution in [0.3, 0.4) is 0 Å². The number of thioether (sulfide) groups is 1. The number of carbonyl (C=O) groups excluding carboxylic acids is 1. The van der Waals surface area contributed by atoms with E-state index in [1.165, 1.54) is 13.4 Å². The van der Waals surface area contributed by atoms with Crippen molar-refractivity contribution < 1.29 is 14.6 Å². The number of carboxylic acids is 1. The first-order valence-electron chi connectivity index (χ1n) is 6.52. The number of halogens is 1. The molecule has 0 aliphatic heterocycles. The number of benzene rings is 2. The summed E-state index contributed by atoms with van der Waals surface area (Å²) in [5.74, 6) is -0.553. The molecule has 2 aromatic rings. The van der Waals surface area contributed by atoms with Gasteiger partial charge in [-0.05, 0) is 23.8 Å². The van der Waals surface area contributed by atoms with E-state index in [1.54, 1.807) is 23.9 Å². The number of rotatable bonds is 6. The van der Waals surface area contributed by atoms with Crippen LogP contribution in [0.25, 0.3) is 5.57 Å². The van der Waals surface area contributed by atoms with E-state index in [0.717, 1.165) is 10.5 Å². The molecule has 0 heterocycles. The highest BCUT2D eigenvalue weighted by molar-refractivity contribution is 7.98. The number of aliphatic carboxylic acids is 1. The fraction of sp³-hybridized carbons (Fsp3) is 0.118. The Kier molecular flexibility index (Phi) is 5.92. The highest BCUT2D eigenvalue weighted by Gasteiger charge is 2.10. The largest absolute Gasteiger partial charge is 0.545 e. The summed E-state index contributed by atoms with van der Waals surface area (Å²) in [6.07, 6.45) is 1.19. The normalized spacial score (nSPS) is 11.3. The van der Waals surface area contributed by atoms with Gasteiger partial charge in [-0.1, -0.05) is 41.9 Å². The van der Waals surface area contributed by atoms with Gasteiger partial charge in [0, 0.05) is 26.8 Å². The summed E-state index contributed by atoms with van der Waals surface area (Å²) in [5, 5.41) is 12.0. The molecule has 0 amide bonds. The Morgan fingerprint density at radius 2 is 1.91 bits per heavy atom. The van der Waals surface area contributed by atoms with Crippen LogP contribution in [0, 0.1) is 0 Å². The van der Waals surface area contributed by atoms with Crippen molar-refractivity contribution in [2.24, 2.45) is 0 Å². The quantitative estimate of drug-likeness (QED) is 0.462. The van der Waals surface area contributed by atoms with Crippen LogP contribution >= 0.6 is 23.4 Å². The first-order valence-corrected chi connectivity index (χ1v) is 7.89. The number of methoxy groups -OCH3 is 1. The van der Waals surface area contributed by atoms with Gasteiger partial charge in [0.1, 0.15) is 0 Å². The Morgan fingerprint density at radius 1 is 1.23 bits per heavy atom. The van der Waals surface area contributed by atoms with Crippen LogP contribution in [0.15, 0.2) is 59.7 Å². The van der Waals surface area contributed by atoms with Gasteiger partial charge in [0.25, 0.3) is 0 Å². The molecule has 22 heavy (non-hydrogen) atoms. The summed E-state index contributed by atoms with van der Waals surface area (Å²) in [5.41, 5.74) is 1.72. The fourth-order valence-corrected chi connectivity index (χ4v) is 3.05. The van der Waals surface area contributed by atoms with Crippen LogP contribution in [0.2, 0.25) is 5.02 Å². The smallest absolute Gasteiger partial charge is 0.0921 e. The molecule has 0 aromatic heterocycles. The summed E-state index contributed by atoms with van der Waals surface area (Å²) in [6, 6.07) is 14.8. The molecule has 0 saturated heterocycles. The van der Waals surface area contributed by atoms with Crippen LogP contribution in [0.1, 0.15) is 11.1 Å². The molecule has 0 atom stereocenters. The van der Waals surface area contributed by atoms with Gasteiger partial charge in [-0.25, -0.2) is 0 Å². The SMILES string of the molecule is CO/C=C(/C(=O)[O-])c1ccccc1SCc1ccc(Cl)cc1. The summed E-state index contributed by atoms with van der Waals surface area (Å²) < 4.78 is 4.84. The molecular formula is C17H14ClO3S-. The standard InChI is InChI=1S/C17H15ClO3S/c1-21-10-15(17(19)20)14-4-2-3-5-16(14)22-11-12-6-8-13(18)9-7-12/h2-10H,11H2,1H3,(H,19,20)/p-1/b15-10+. The lowest BCUT2D eigenvalue weighted by atomic mass is 10.1. The molecule has 0 N–H and O–H groups in total. The van der Waals surface area contributed by atoms with Crippen LogP contribution < -0.4 is 5.11 Å². The maximum Gasteiger partial charge on any atom is 0.0921 e. The molecular weight excluding hydrogens is 320 g/mol. The molecule has 0 bridgehead atoms. The lowest BCUT2D eigenvalue weighted by Gasteiger charge is -2.13. The minimum Gasteiger partial charge on any atom is -0.545 e. The van der Waals surface area contributed by atoms with Crippen LogP contribution in [0.4, 0.5) is 0 Å². The third-order valence-corrected chi connectivity index (χ3v) is 4.34. The lowest BCUT2D eigenvalue weighted by Crippen LogP contribution is -2.24. The summed E-state index contributed by atoms with van der Waals surface area (Å²) in [7, 11) is 1.41. The van der Waals surface area contributed by atoms with E-state index in [1.807, 2.05) is 36.4 Å². The van der Waals surface area contributed by atoms with Gasteiger partial charge in [0.2, 0.25) is 0 Å². The highest BCUT2D eigenvalue weighted by Crippen LogP contribution is 2.30. The zero-order valence-electron chi connectivity index (χ0n) is 11.9. The number of ether oxygens (including phenoxy) is 1. The summed E-state index contributed by atoms with van der Waals surface area (Å²) in [4.78, 5) is 12.1. The molecule has 0 saturated carbocycles. The number of hydrogen-bond acceptors (Lipinski definition) is 4. The molecule has 0 unspecified atom stereocenters. The van der Waals surface area contributed by atoms with Gasteiger partial charge >= 0.3 is 0 Å². The Hall–Kier alpha value is -1.91. The predicted molar refractivity (Wildman–Crippen MR) is 87.4 cm³/mol. The average Bonchev–Trinajstić information content (AvgIpc) is 2.52. The van der Waals surface area contributed by atoms with Gasteiger partial charge in [-0.15, -0.1) is 11.8 Å². The lowest BCUT2D eigenvalue weighted by molar-refractivity contribution is -0.295. The van der Waals surface area contributed by atoms with E-state index >= 15 is 0 Å². The van der Waals surface area contributed by atoms with Crippen molar-refractivity contribution >= 4 is 34.9 Å². The van der Waals surface area contributed by atoms with Crippen LogP contribution in [-0.2, 0) is 15.3 Å². The molecule has 114 valence electrons. The highest BCUT2D eigenvalue weighted by atomic mass is 35.5. The van der Waals surface area contributed by atoms with Gasteiger partial charge in [-0.2, -0.15) is 0 Å². The Balaban J connectivity index is 2.23. The Labute approximate surface area is 138 Å². The molecule has 0 spiro atoms. The Bertz CT molecular complexity index is 681. The molecule has 0 aliphatic carbocycles. The van der Waals surface area contributed by atoms with E-state index in [0.29, 0.717) is 16.3 Å². The second-order valence-electron chi connectivity index (χ2n) is 4.47. The van der Waals surface area contributed by atoms with Crippen molar-refractivity contribution in [1.29, 1.82) is 0 Å². The average molecular weight is 334 g/mol. The van der Waals surface area contributed by atoms with Crippen molar-refractivity contribution in [1.82, 2.24) is 0 Å². The molecule has 0 aliphatic rings. The van der Waals surface area contributed by atoms with Crippen molar-refractivity contribution in [2.45, 2.75) is 10.6 Å². The maximum atomic E-state index is 11.3. The first-order chi connectivity index (χ1) is 10.6. The van der Waals surface area contributed by atoms with Gasteiger partial charge in [0.05, 0.1) is 19.3 Å². The van der Waals surface area contributed by atoms with Gasteiger partial charge in [-0.3, -0.25) is 0 Å². The Morgan fingerprint density at radius 3 is 2.55 bits per heavy atom. The van der Waals surface area contributed by atoms with Crippen molar-refractivity contribution in [3.05, 3.63) is 70.9 Å². The van der Waals surface area contributed by atoms with Crippen molar-refractivity contribution in [2.75, 3.05) is 7.11 Å². The van der Waals surface area contributed by atoms with E-state index in [-0.39, 0.29) is 5.57 Å². The third kappa shape index (κ3) is 4.29. The van der Waals surface area contributed by atoms with Gasteiger partial charge in [0.15, 0.2) is 0 Å². The van der Waals surface area contributed by atoms with E-state index in [2.05, 4.69) is 0 Å². The first kappa shape index (κ1) is 16.5. The van der Waals surface area contributed by atoms with Crippen molar-refractivity contribution in [3.8, 4) is 0 Å². The number of hydrogen-bond donors (Lipinski definition) is 0. The second kappa shape index (κ2) is 7.92. The molecule has 0 radical (unpaired) electrons. The zero-order valence-corrected chi connectivity index (χ0v) is 13.5. The van der Waals surface area contributed by atoms with Crippen LogP contribution in [-0.4, -0.2) is 13.1 Å². The number of carbonyl (C=O) groups is 1. The molecule has 2 rings (SSSR count). The minimum atomic E-state index is -1.26.